The van der Waals surface area contributed by atoms with Gasteiger partial charge >= 0.3 is 24.2 Å². The number of nitrogens with zero attached hydrogens (tertiary/aromatic N) is 1. The molecule has 1 saturated carbocycles. The largest absolute Gasteiger partial charge is 0.466 e. The normalized spacial score (nSPS) is 23.8. The van der Waals surface area contributed by atoms with E-state index >= 15 is 0 Å². The fourth-order valence-electron chi connectivity index (χ4n) is 8.08. The van der Waals surface area contributed by atoms with Crippen molar-refractivity contribution in [1.29, 1.82) is 0 Å². The van der Waals surface area contributed by atoms with Crippen molar-refractivity contribution >= 4 is 36.0 Å². The van der Waals surface area contributed by atoms with Gasteiger partial charge in [-0.15, -0.1) is 11.8 Å². The molecular weight excluding hydrogens is 793 g/mol. The highest BCUT2D eigenvalue weighted by atomic mass is 32.2. The number of esters is 2. The number of carbonyl (C=O) groups is 2. The summed E-state index contributed by atoms with van der Waals surface area (Å²) in [7, 11) is 0. The van der Waals surface area contributed by atoms with Gasteiger partial charge in [0.2, 0.25) is 6.04 Å². The third kappa shape index (κ3) is 18.1. The van der Waals surface area contributed by atoms with E-state index in [0.717, 1.165) is 36.1 Å². The summed E-state index contributed by atoms with van der Waals surface area (Å²) in [5.41, 5.74) is 7.89. The lowest BCUT2D eigenvalue weighted by Gasteiger charge is -2.48. The molecule has 2 aliphatic rings. The molecule has 0 amide bonds. The molecule has 0 aliphatic heterocycles. The minimum atomic E-state index is -0.862. The molecule has 0 heterocycles. The Morgan fingerprint density at radius 3 is 1.70 bits per heavy atom. The number of aryl methyl sites for hydroxylation is 1. The Kier molecular flexibility index (Phi) is 26.3. The number of hydrogen-bond acceptors (Lipinski definition) is 14. The van der Waals surface area contributed by atoms with Crippen molar-refractivity contribution < 1.29 is 52.6 Å². The molecule has 2 N–H and O–H groups in total. The second kappa shape index (κ2) is 28.0. The Bertz CT molecular complexity index is 1520. The van der Waals surface area contributed by atoms with Crippen molar-refractivity contribution in [2.75, 3.05) is 13.2 Å². The van der Waals surface area contributed by atoms with Crippen LogP contribution in [0.25, 0.3) is 0 Å². The van der Waals surface area contributed by atoms with Gasteiger partial charge in [0, 0.05) is 39.0 Å². The summed E-state index contributed by atoms with van der Waals surface area (Å²) in [5.74, 6) is -1.37. The molecule has 340 valence electrons. The number of thioether (sulfide) groups is 1. The number of ether oxygens (including phenoxy) is 4. The van der Waals surface area contributed by atoms with Crippen LogP contribution < -0.4 is 5.73 Å². The highest BCUT2D eigenvalue weighted by Gasteiger charge is 2.57. The van der Waals surface area contributed by atoms with E-state index in [2.05, 4.69) is 48.5 Å². The SMILES string of the molecule is CCOC(=O)C1=C[C@@H](OC(CC)CC)[C@H](C(C)(C)C)[C@@H](N)C1.CCOC(=O)[C@@H]1C[C@H]([N+](=O)[O-])[C@@H](C(C)(C)C)[C@H](OC(CC)CC)[C@@H]1Sc1ccc(C)cc1.O=C=O.O=C=O. The van der Waals surface area contributed by atoms with Crippen molar-refractivity contribution in [2.45, 2.75) is 175 Å². The average molecular weight is 865 g/mol. The van der Waals surface area contributed by atoms with Crippen LogP contribution in [0.1, 0.15) is 127 Å². The topological polar surface area (TPSA) is 208 Å². The van der Waals surface area contributed by atoms with Crippen LogP contribution in [0, 0.1) is 45.6 Å². The Morgan fingerprint density at radius 1 is 0.817 bits per heavy atom. The molecule has 1 aromatic rings. The fourth-order valence-corrected chi connectivity index (χ4v) is 9.44. The van der Waals surface area contributed by atoms with E-state index in [1.54, 1.807) is 18.7 Å². The molecule has 0 unspecified atom stereocenters. The lowest BCUT2D eigenvalue weighted by Crippen LogP contribution is -2.59. The summed E-state index contributed by atoms with van der Waals surface area (Å²) in [6.45, 7) is 27.3. The molecule has 15 heteroatoms. The molecule has 2 aliphatic carbocycles. The molecule has 0 radical (unpaired) electrons. The Morgan fingerprint density at radius 2 is 1.28 bits per heavy atom. The van der Waals surface area contributed by atoms with Crippen LogP contribution >= 0.6 is 11.8 Å². The van der Waals surface area contributed by atoms with Gasteiger partial charge in [-0.05, 0) is 81.9 Å². The van der Waals surface area contributed by atoms with Crippen LogP contribution in [0.5, 0.6) is 0 Å². The Balaban J connectivity index is 0.00000108. The van der Waals surface area contributed by atoms with Crippen LogP contribution in [0.15, 0.2) is 40.8 Å². The summed E-state index contributed by atoms with van der Waals surface area (Å²) >= 11 is 1.59. The first-order valence-electron chi connectivity index (χ1n) is 21.1. The smallest absolute Gasteiger partial charge is 0.373 e. The van der Waals surface area contributed by atoms with Gasteiger partial charge in [-0.2, -0.15) is 19.2 Å². The second-order valence-electron chi connectivity index (χ2n) is 17.2. The van der Waals surface area contributed by atoms with Crippen molar-refractivity contribution in [3.05, 3.63) is 51.6 Å². The maximum Gasteiger partial charge on any atom is 0.373 e. The minimum absolute atomic E-state index is 0.0145. The molecule has 0 aromatic heterocycles. The second-order valence-corrected chi connectivity index (χ2v) is 18.4. The van der Waals surface area contributed by atoms with E-state index in [-0.39, 0.29) is 94.5 Å². The van der Waals surface area contributed by atoms with E-state index in [1.807, 2.05) is 65.0 Å². The van der Waals surface area contributed by atoms with Crippen molar-refractivity contribution in [3.8, 4) is 0 Å². The van der Waals surface area contributed by atoms with Gasteiger partial charge in [0.25, 0.3) is 0 Å². The Hall–Kier alpha value is -3.71. The summed E-state index contributed by atoms with van der Waals surface area (Å²) in [4.78, 5) is 70.6. The fraction of sp³-hybridized carbons (Fsp3) is 0.733. The third-order valence-electron chi connectivity index (χ3n) is 10.8. The summed E-state index contributed by atoms with van der Waals surface area (Å²) in [6.07, 6.45) is 6.34. The highest BCUT2D eigenvalue weighted by Crippen LogP contribution is 2.49. The van der Waals surface area contributed by atoms with Gasteiger partial charge in [0.1, 0.15) is 0 Å². The molecule has 0 spiro atoms. The molecule has 14 nitrogen and oxygen atoms in total. The number of rotatable bonds is 15. The third-order valence-corrected chi connectivity index (χ3v) is 12.2. The highest BCUT2D eigenvalue weighted by molar-refractivity contribution is 8.00. The van der Waals surface area contributed by atoms with Crippen LogP contribution in [0.3, 0.4) is 0 Å². The quantitative estimate of drug-likeness (QED) is 0.100. The zero-order valence-electron chi connectivity index (χ0n) is 38.1. The van der Waals surface area contributed by atoms with E-state index in [1.165, 1.54) is 0 Å². The first-order chi connectivity index (χ1) is 28.1. The van der Waals surface area contributed by atoms with Gasteiger partial charge in [-0.3, -0.25) is 14.9 Å². The molecular formula is C45H72N2O12S. The lowest BCUT2D eigenvalue weighted by molar-refractivity contribution is -0.544. The summed E-state index contributed by atoms with van der Waals surface area (Å²) in [6, 6.07) is 7.22. The summed E-state index contributed by atoms with van der Waals surface area (Å²) in [5, 5.41) is 11.9. The maximum atomic E-state index is 13.0. The minimum Gasteiger partial charge on any atom is -0.466 e. The molecule has 60 heavy (non-hydrogen) atoms. The zero-order valence-corrected chi connectivity index (χ0v) is 39.0. The van der Waals surface area contributed by atoms with Crippen molar-refractivity contribution in [1.82, 2.24) is 0 Å². The lowest BCUT2D eigenvalue weighted by atomic mass is 9.65. The van der Waals surface area contributed by atoms with Gasteiger partial charge in [-0.25, -0.2) is 4.79 Å². The van der Waals surface area contributed by atoms with Crippen molar-refractivity contribution in [2.24, 2.45) is 34.3 Å². The van der Waals surface area contributed by atoms with Gasteiger partial charge < -0.3 is 24.7 Å². The van der Waals surface area contributed by atoms with Crippen LogP contribution in [-0.2, 0) is 47.7 Å². The number of nitrogens with two attached hydrogens (primary N) is 1. The van der Waals surface area contributed by atoms with Crippen molar-refractivity contribution in [3.63, 3.8) is 0 Å². The van der Waals surface area contributed by atoms with E-state index in [4.69, 9.17) is 43.9 Å². The zero-order chi connectivity index (χ0) is 46.4. The van der Waals surface area contributed by atoms with E-state index in [9.17, 15) is 19.7 Å². The predicted octanol–water partition coefficient (Wildman–Crippen LogP) is 8.20. The molecule has 8 atom stereocenters. The van der Waals surface area contributed by atoms with Gasteiger partial charge in [-0.1, -0.05) is 86.9 Å². The monoisotopic (exact) mass is 864 g/mol. The summed E-state index contributed by atoms with van der Waals surface area (Å²) < 4.78 is 23.5. The van der Waals surface area contributed by atoms with Crippen LogP contribution in [0.2, 0.25) is 0 Å². The van der Waals surface area contributed by atoms with E-state index in [0.29, 0.717) is 18.6 Å². The standard InChI is InChI=1S/C25H39NO5S.C18H33NO3.2CO2/c1-8-17(9-2)31-22-21(25(5,6)7)20(26(28)29)15-19(24(27)30-10-3)23(22)32-18-13-11-16(4)12-14-18;1-7-13(8-2)22-15-11-12(17(20)21-9-3)10-14(19)16(15)18(4,5)6;2*2-1-3/h11-14,17,19-23H,8-10,15H2,1-7H3;11,13-16H,7-10,19H2,1-6H3;;/t19-,20+,21-,22+,23-;14-,15+,16+;;/m10../s1. The number of carbonyl (C=O) groups excluding carboxylic acids is 6. The van der Waals surface area contributed by atoms with Gasteiger partial charge in [0.05, 0.1) is 49.5 Å². The first-order valence-corrected chi connectivity index (χ1v) is 21.9. The predicted molar refractivity (Wildman–Crippen MR) is 228 cm³/mol. The van der Waals surface area contributed by atoms with Gasteiger partial charge in [0.15, 0.2) is 0 Å². The number of nitro groups is 1. The first kappa shape index (κ1) is 56.3. The van der Waals surface area contributed by atoms with E-state index < -0.39 is 18.1 Å². The average Bonchev–Trinajstić information content (AvgIpc) is 3.16. The molecule has 0 bridgehead atoms. The molecule has 0 saturated heterocycles. The number of hydrogen-bond donors (Lipinski definition) is 1. The molecule has 3 rings (SSSR count). The van der Waals surface area contributed by atoms with Crippen LogP contribution in [-0.4, -0.2) is 84.1 Å². The van der Waals surface area contributed by atoms with Crippen LogP contribution in [0.4, 0.5) is 0 Å². The molecule has 1 fully saturated rings. The Labute approximate surface area is 362 Å². The number of benzene rings is 1. The molecule has 1 aromatic carbocycles. The maximum absolute atomic E-state index is 13.0.